The quantitative estimate of drug-likeness (QED) is 0.382. The molecule has 2 unspecified atom stereocenters. The van der Waals surface area contributed by atoms with Crippen molar-refractivity contribution in [2.45, 2.75) is 50.1 Å². The summed E-state index contributed by atoms with van der Waals surface area (Å²) in [7, 11) is 0. The van der Waals surface area contributed by atoms with Gasteiger partial charge in [0.1, 0.15) is 0 Å². The third-order valence-electron chi connectivity index (χ3n) is 7.47. The van der Waals surface area contributed by atoms with Crippen molar-refractivity contribution in [3.63, 3.8) is 0 Å². The van der Waals surface area contributed by atoms with Crippen LogP contribution in [0.1, 0.15) is 38.5 Å². The average molecular weight is 462 g/mol. The zero-order chi connectivity index (χ0) is 23.5. The van der Waals surface area contributed by atoms with Gasteiger partial charge < -0.3 is 20.4 Å². The van der Waals surface area contributed by atoms with Crippen LogP contribution >= 0.6 is 0 Å². The van der Waals surface area contributed by atoms with Crippen LogP contribution in [0.4, 0.5) is 17.4 Å². The summed E-state index contributed by atoms with van der Waals surface area (Å²) in [4.78, 5) is 17.5. The molecule has 34 heavy (non-hydrogen) atoms. The summed E-state index contributed by atoms with van der Waals surface area (Å²) in [6.45, 7) is 1.77. The van der Waals surface area contributed by atoms with Crippen molar-refractivity contribution >= 4 is 17.4 Å². The maximum Gasteiger partial charge on any atom is 0.295 e. The molecule has 2 aromatic carbocycles. The molecule has 1 aliphatic heterocycles. The normalized spacial score (nSPS) is 25.1. The number of hydrogen-bond donors (Lipinski definition) is 2. The van der Waals surface area contributed by atoms with Gasteiger partial charge in [0.25, 0.3) is 11.7 Å². The Morgan fingerprint density at radius 3 is 2.65 bits per heavy atom. The number of rotatable bonds is 6. The fraction of sp³-hybridized carbons (Fsp3) is 0.423. The van der Waals surface area contributed by atoms with Crippen molar-refractivity contribution in [3.05, 3.63) is 70.9 Å². The van der Waals surface area contributed by atoms with Gasteiger partial charge in [0.15, 0.2) is 5.76 Å². The summed E-state index contributed by atoms with van der Waals surface area (Å²) in [5.74, 6) is 1.04. The molecule has 0 bridgehead atoms. The fourth-order valence-corrected chi connectivity index (χ4v) is 5.58. The Balaban J connectivity index is 1.32. The molecule has 1 saturated heterocycles. The lowest BCUT2D eigenvalue weighted by Crippen LogP contribution is -2.63. The van der Waals surface area contributed by atoms with E-state index < -0.39 is 0 Å². The van der Waals surface area contributed by atoms with Crippen LogP contribution in [-0.2, 0) is 0 Å². The van der Waals surface area contributed by atoms with Gasteiger partial charge in [-0.15, -0.1) is 0 Å². The number of hydrogen-bond acceptors (Lipinski definition) is 7. The minimum Gasteiger partial charge on any atom is -0.424 e. The number of nitrogens with one attached hydrogen (secondary N) is 1. The summed E-state index contributed by atoms with van der Waals surface area (Å²) in [5, 5.41) is 14.6. The van der Waals surface area contributed by atoms with Crippen LogP contribution in [0.3, 0.4) is 0 Å². The molecule has 1 aliphatic carbocycles. The number of nitro groups is 1. The number of benzene rings is 2. The highest BCUT2D eigenvalue weighted by atomic mass is 16.6. The Morgan fingerprint density at radius 1 is 1.09 bits per heavy atom. The van der Waals surface area contributed by atoms with Gasteiger partial charge in [-0.05, 0) is 43.7 Å². The van der Waals surface area contributed by atoms with Crippen LogP contribution in [0.25, 0.3) is 11.3 Å². The molecular formula is C26H31N5O3. The van der Waals surface area contributed by atoms with Crippen LogP contribution in [0.2, 0.25) is 0 Å². The van der Waals surface area contributed by atoms with Crippen molar-refractivity contribution in [1.82, 2.24) is 4.98 Å². The van der Waals surface area contributed by atoms with Gasteiger partial charge in [-0.2, -0.15) is 0 Å². The molecule has 178 valence electrons. The van der Waals surface area contributed by atoms with E-state index in [0.717, 1.165) is 68.6 Å². The topological polar surface area (TPSA) is 110 Å². The molecule has 5 rings (SSSR count). The molecule has 2 aliphatic rings. The number of aromatic nitrogens is 1. The monoisotopic (exact) mass is 461 g/mol. The zero-order valence-corrected chi connectivity index (χ0v) is 19.2. The van der Waals surface area contributed by atoms with Crippen molar-refractivity contribution in [1.29, 1.82) is 0 Å². The number of non-ortho nitro benzene ring substituents is 1. The highest BCUT2D eigenvalue weighted by Gasteiger charge is 2.45. The van der Waals surface area contributed by atoms with Gasteiger partial charge in [0.2, 0.25) is 0 Å². The molecule has 0 radical (unpaired) electrons. The molecule has 3 N–H and O–H groups in total. The van der Waals surface area contributed by atoms with E-state index >= 15 is 0 Å². The number of nitro benzene ring substituents is 1. The molecule has 3 atom stereocenters. The van der Waals surface area contributed by atoms with E-state index in [1.165, 1.54) is 0 Å². The van der Waals surface area contributed by atoms with Crippen molar-refractivity contribution in [3.8, 4) is 11.3 Å². The van der Waals surface area contributed by atoms with E-state index in [1.807, 2.05) is 42.5 Å². The first-order valence-corrected chi connectivity index (χ1v) is 12.1. The highest BCUT2D eigenvalue weighted by molar-refractivity contribution is 5.57. The Kier molecular flexibility index (Phi) is 6.24. The predicted molar refractivity (Wildman–Crippen MR) is 133 cm³/mol. The lowest BCUT2D eigenvalue weighted by molar-refractivity contribution is -0.384. The lowest BCUT2D eigenvalue weighted by atomic mass is 9.67. The van der Waals surface area contributed by atoms with Gasteiger partial charge in [-0.1, -0.05) is 43.2 Å². The van der Waals surface area contributed by atoms with Crippen LogP contribution in [-0.4, -0.2) is 34.6 Å². The molecule has 0 amide bonds. The van der Waals surface area contributed by atoms with E-state index in [1.54, 1.807) is 18.3 Å². The summed E-state index contributed by atoms with van der Waals surface area (Å²) in [6.07, 6.45) is 8.05. The third kappa shape index (κ3) is 4.50. The number of piperidine rings is 1. The minimum atomic E-state index is -0.376. The first-order valence-electron chi connectivity index (χ1n) is 12.1. The second-order valence-electron chi connectivity index (χ2n) is 9.51. The number of oxazole rings is 1. The van der Waals surface area contributed by atoms with E-state index in [-0.39, 0.29) is 22.2 Å². The lowest BCUT2D eigenvalue weighted by Gasteiger charge is -2.50. The van der Waals surface area contributed by atoms with E-state index in [2.05, 4.69) is 15.2 Å². The Labute approximate surface area is 199 Å². The van der Waals surface area contributed by atoms with Crippen LogP contribution < -0.4 is 16.0 Å². The summed E-state index contributed by atoms with van der Waals surface area (Å²) < 4.78 is 6.03. The Bertz CT molecular complexity index is 1120. The summed E-state index contributed by atoms with van der Waals surface area (Å²) in [6, 6.07) is 17.4. The molecule has 8 nitrogen and oxygen atoms in total. The largest absolute Gasteiger partial charge is 0.424 e. The molecule has 1 saturated carbocycles. The molecule has 2 fully saturated rings. The molecular weight excluding hydrogens is 430 g/mol. The summed E-state index contributed by atoms with van der Waals surface area (Å²) >= 11 is 0. The van der Waals surface area contributed by atoms with Crippen LogP contribution in [0, 0.1) is 16.0 Å². The first-order chi connectivity index (χ1) is 16.5. The van der Waals surface area contributed by atoms with Gasteiger partial charge >= 0.3 is 0 Å². The predicted octanol–water partition coefficient (Wildman–Crippen LogP) is 5.22. The van der Waals surface area contributed by atoms with Crippen molar-refractivity contribution in [2.75, 3.05) is 23.3 Å². The third-order valence-corrected chi connectivity index (χ3v) is 7.47. The maximum absolute atomic E-state index is 11.0. The van der Waals surface area contributed by atoms with Gasteiger partial charge in [0, 0.05) is 48.1 Å². The smallest absolute Gasteiger partial charge is 0.295 e. The van der Waals surface area contributed by atoms with Crippen molar-refractivity contribution < 1.29 is 9.34 Å². The number of nitrogens with zero attached hydrogens (tertiary/aromatic N) is 3. The number of nitrogens with two attached hydrogens (primary N) is 1. The number of anilines is 2. The maximum atomic E-state index is 11.0. The second kappa shape index (κ2) is 9.46. The van der Waals surface area contributed by atoms with Crippen molar-refractivity contribution in [2.24, 2.45) is 11.7 Å². The van der Waals surface area contributed by atoms with E-state index in [0.29, 0.717) is 11.9 Å². The first kappa shape index (κ1) is 22.4. The molecule has 1 aromatic heterocycles. The Hall–Kier alpha value is -3.39. The SMILES string of the molecule is NC1([C@H]2CCCN(c3ccc([N+](=O)[O-])cc3)C2)CCCCC1Nc1ncc(-c2ccccc2)o1. The van der Waals surface area contributed by atoms with Gasteiger partial charge in [0.05, 0.1) is 11.1 Å². The minimum absolute atomic E-state index is 0.0744. The van der Waals surface area contributed by atoms with Gasteiger partial charge in [-0.3, -0.25) is 10.1 Å². The molecule has 2 heterocycles. The molecule has 0 spiro atoms. The average Bonchev–Trinajstić information content (AvgIpc) is 3.35. The Morgan fingerprint density at radius 2 is 1.88 bits per heavy atom. The second-order valence-corrected chi connectivity index (χ2v) is 9.51. The van der Waals surface area contributed by atoms with Crippen LogP contribution in [0.15, 0.2) is 65.2 Å². The van der Waals surface area contributed by atoms with E-state index in [4.69, 9.17) is 10.2 Å². The molecule has 3 aromatic rings. The zero-order valence-electron chi connectivity index (χ0n) is 19.2. The highest BCUT2D eigenvalue weighted by Crippen LogP contribution is 2.39. The van der Waals surface area contributed by atoms with Gasteiger partial charge in [-0.25, -0.2) is 4.98 Å². The summed E-state index contributed by atoms with van der Waals surface area (Å²) in [5.41, 5.74) is 8.95. The fourth-order valence-electron chi connectivity index (χ4n) is 5.58. The van der Waals surface area contributed by atoms with Crippen LogP contribution in [0.5, 0.6) is 0 Å². The van der Waals surface area contributed by atoms with E-state index in [9.17, 15) is 10.1 Å². The standard InChI is InChI=1S/C26H31N5O3/c27-26(20-9-6-16-30(18-20)21-11-13-22(14-12-21)31(32)33)15-5-4-10-24(26)29-25-28-17-23(34-25)19-7-2-1-3-8-19/h1-3,7-8,11-14,17,20,24H,4-6,9-10,15-16,18,27H2,(H,28,29)/t20-,24?,26?/m0/s1. The molecule has 8 heteroatoms.